The van der Waals surface area contributed by atoms with Gasteiger partial charge in [0.05, 0.1) is 20.3 Å². The average Bonchev–Trinajstić information content (AvgIpc) is 3.04. The van der Waals surface area contributed by atoms with Crippen LogP contribution in [0, 0.1) is 0 Å². The summed E-state index contributed by atoms with van der Waals surface area (Å²) in [6, 6.07) is 11.2. The Morgan fingerprint density at radius 1 is 1.18 bits per heavy atom. The molecule has 1 aromatic heterocycles. The summed E-state index contributed by atoms with van der Waals surface area (Å²) in [6.45, 7) is 10.3. The van der Waals surface area contributed by atoms with Gasteiger partial charge in [-0.2, -0.15) is 4.99 Å². The van der Waals surface area contributed by atoms with E-state index < -0.39 is 0 Å². The highest BCUT2D eigenvalue weighted by Crippen LogP contribution is 2.32. The summed E-state index contributed by atoms with van der Waals surface area (Å²) in [5.41, 5.74) is 2.40. The third kappa shape index (κ3) is 4.02. The Kier molecular flexibility index (Phi) is 6.60. The van der Waals surface area contributed by atoms with Gasteiger partial charge in [-0.3, -0.25) is 4.79 Å². The number of anilines is 1. The Morgan fingerprint density at radius 2 is 1.86 bits per heavy atom. The van der Waals surface area contributed by atoms with Gasteiger partial charge >= 0.3 is 0 Å². The number of halogens is 2. The molecular formula is C21H21Cl2N3OS. The fraction of sp³-hybridized carbons (Fsp3) is 0.238. The number of nitrogens with zero attached hydrogens (tertiary/aromatic N) is 3. The van der Waals surface area contributed by atoms with E-state index in [2.05, 4.69) is 30.3 Å². The van der Waals surface area contributed by atoms with E-state index >= 15 is 0 Å². The number of carbonyl (C=O) groups is 1. The minimum atomic E-state index is -0.294. The van der Waals surface area contributed by atoms with Gasteiger partial charge in [-0.25, -0.2) is 0 Å². The lowest BCUT2D eigenvalue weighted by atomic mass is 10.2. The Morgan fingerprint density at radius 3 is 2.46 bits per heavy atom. The number of fused-ring (bicyclic) bond motifs is 1. The molecule has 1 heterocycles. The normalized spacial score (nSPS) is 11.8. The maximum Gasteiger partial charge on any atom is 0.279 e. The van der Waals surface area contributed by atoms with Gasteiger partial charge in [-0.15, -0.1) is 6.58 Å². The third-order valence-corrected chi connectivity index (χ3v) is 6.32. The first-order valence-corrected chi connectivity index (χ1v) is 10.6. The van der Waals surface area contributed by atoms with E-state index in [1.165, 1.54) is 11.3 Å². The predicted octanol–water partition coefficient (Wildman–Crippen LogP) is 5.78. The summed E-state index contributed by atoms with van der Waals surface area (Å²) in [4.78, 5) is 19.9. The van der Waals surface area contributed by atoms with Crippen LogP contribution in [0.5, 0.6) is 0 Å². The van der Waals surface area contributed by atoms with Gasteiger partial charge in [0, 0.05) is 30.9 Å². The van der Waals surface area contributed by atoms with Gasteiger partial charge in [-0.1, -0.05) is 40.6 Å². The van der Waals surface area contributed by atoms with E-state index in [1.54, 1.807) is 12.1 Å². The molecule has 146 valence electrons. The molecule has 2 aromatic carbocycles. The molecule has 0 bridgehead atoms. The molecule has 0 aliphatic heterocycles. The fourth-order valence-corrected chi connectivity index (χ4v) is 4.56. The van der Waals surface area contributed by atoms with Crippen molar-refractivity contribution in [3.8, 4) is 0 Å². The van der Waals surface area contributed by atoms with Crippen LogP contribution in [0.1, 0.15) is 24.2 Å². The van der Waals surface area contributed by atoms with Crippen molar-refractivity contribution in [2.45, 2.75) is 20.4 Å². The highest BCUT2D eigenvalue weighted by Gasteiger charge is 2.13. The number of hydrogen-bond acceptors (Lipinski definition) is 3. The van der Waals surface area contributed by atoms with Gasteiger partial charge in [-0.05, 0) is 50.2 Å². The SMILES string of the molecule is C=CCn1c(=NC(=O)c2ccc(N(CC)CC)cc2)sc2ccc(Cl)c(Cl)c21. The van der Waals surface area contributed by atoms with Gasteiger partial charge in [0.25, 0.3) is 5.91 Å². The van der Waals surface area contributed by atoms with Crippen molar-refractivity contribution in [2.24, 2.45) is 4.99 Å². The second kappa shape index (κ2) is 8.95. The highest BCUT2D eigenvalue weighted by molar-refractivity contribution is 7.16. The number of allylic oxidation sites excluding steroid dienone is 1. The third-order valence-electron chi connectivity index (χ3n) is 4.49. The quantitative estimate of drug-likeness (QED) is 0.461. The molecule has 1 amide bonds. The Balaban J connectivity index is 2.04. The molecule has 28 heavy (non-hydrogen) atoms. The number of hydrogen-bond donors (Lipinski definition) is 0. The number of benzene rings is 2. The van der Waals surface area contributed by atoms with Crippen molar-refractivity contribution in [3.05, 3.63) is 69.5 Å². The second-order valence-corrected chi connectivity index (χ2v) is 7.92. The van der Waals surface area contributed by atoms with Crippen molar-refractivity contribution < 1.29 is 4.79 Å². The van der Waals surface area contributed by atoms with E-state index in [9.17, 15) is 4.79 Å². The summed E-state index contributed by atoms with van der Waals surface area (Å²) >= 11 is 14.0. The Bertz CT molecular complexity index is 1080. The van der Waals surface area contributed by atoms with Crippen LogP contribution in [0.25, 0.3) is 10.2 Å². The largest absolute Gasteiger partial charge is 0.372 e. The first-order chi connectivity index (χ1) is 13.5. The summed E-state index contributed by atoms with van der Waals surface area (Å²) in [7, 11) is 0. The monoisotopic (exact) mass is 433 g/mol. The van der Waals surface area contributed by atoms with Crippen LogP contribution in [0.4, 0.5) is 5.69 Å². The lowest BCUT2D eigenvalue weighted by Crippen LogP contribution is -2.21. The molecule has 0 aliphatic rings. The van der Waals surface area contributed by atoms with Crippen LogP contribution in [-0.2, 0) is 6.54 Å². The Hall–Kier alpha value is -2.08. The molecule has 0 N–H and O–H groups in total. The standard InChI is InChI=1S/C21H21Cl2N3OS/c1-4-13-26-19-17(12-11-16(22)18(19)23)28-21(26)24-20(27)14-7-9-15(10-8-14)25(5-2)6-3/h4,7-12H,1,5-6,13H2,2-3H3. The fourth-order valence-electron chi connectivity index (χ4n) is 3.04. The van der Waals surface area contributed by atoms with E-state index in [1.807, 2.05) is 34.9 Å². The van der Waals surface area contributed by atoms with Crippen LogP contribution in [0.15, 0.2) is 54.0 Å². The lowest BCUT2D eigenvalue weighted by Gasteiger charge is -2.20. The molecule has 0 unspecified atom stereocenters. The number of thiazole rings is 1. The number of aromatic nitrogens is 1. The molecule has 0 saturated carbocycles. The average molecular weight is 434 g/mol. The maximum absolute atomic E-state index is 12.7. The van der Waals surface area contributed by atoms with Crippen LogP contribution in [-0.4, -0.2) is 23.6 Å². The molecule has 0 saturated heterocycles. The maximum atomic E-state index is 12.7. The summed E-state index contributed by atoms with van der Waals surface area (Å²) in [5.74, 6) is -0.294. The van der Waals surface area contributed by atoms with E-state index in [0.717, 1.165) is 29.0 Å². The van der Waals surface area contributed by atoms with E-state index in [0.29, 0.717) is 27.0 Å². The molecule has 0 radical (unpaired) electrons. The van der Waals surface area contributed by atoms with Crippen LogP contribution in [0.3, 0.4) is 0 Å². The van der Waals surface area contributed by atoms with Crippen molar-refractivity contribution in [1.82, 2.24) is 4.57 Å². The molecule has 0 spiro atoms. The van der Waals surface area contributed by atoms with Crippen molar-refractivity contribution >= 4 is 56.3 Å². The zero-order chi connectivity index (χ0) is 20.3. The van der Waals surface area contributed by atoms with Crippen LogP contribution in [0.2, 0.25) is 10.0 Å². The van der Waals surface area contributed by atoms with Crippen molar-refractivity contribution in [2.75, 3.05) is 18.0 Å². The predicted molar refractivity (Wildman–Crippen MR) is 120 cm³/mol. The minimum Gasteiger partial charge on any atom is -0.372 e. The van der Waals surface area contributed by atoms with Crippen molar-refractivity contribution in [1.29, 1.82) is 0 Å². The van der Waals surface area contributed by atoms with Gasteiger partial charge in [0.15, 0.2) is 4.80 Å². The van der Waals surface area contributed by atoms with E-state index in [-0.39, 0.29) is 5.91 Å². The minimum absolute atomic E-state index is 0.294. The van der Waals surface area contributed by atoms with Gasteiger partial charge < -0.3 is 9.47 Å². The molecule has 0 aliphatic carbocycles. The summed E-state index contributed by atoms with van der Waals surface area (Å²) < 4.78 is 2.78. The molecule has 7 heteroatoms. The smallest absolute Gasteiger partial charge is 0.279 e. The first kappa shape index (κ1) is 20.6. The summed E-state index contributed by atoms with van der Waals surface area (Å²) in [5, 5.41) is 0.921. The van der Waals surface area contributed by atoms with Crippen LogP contribution < -0.4 is 9.70 Å². The summed E-state index contributed by atoms with van der Waals surface area (Å²) in [6.07, 6.45) is 1.74. The molecular weight excluding hydrogens is 413 g/mol. The van der Waals surface area contributed by atoms with Gasteiger partial charge in [0.1, 0.15) is 0 Å². The van der Waals surface area contributed by atoms with Gasteiger partial charge in [0.2, 0.25) is 0 Å². The molecule has 0 fully saturated rings. The molecule has 3 rings (SSSR count). The molecule has 4 nitrogen and oxygen atoms in total. The molecule has 3 aromatic rings. The first-order valence-electron chi connectivity index (χ1n) is 9.02. The number of rotatable bonds is 6. The lowest BCUT2D eigenvalue weighted by molar-refractivity contribution is 0.0998. The zero-order valence-corrected chi connectivity index (χ0v) is 18.1. The number of carbonyl (C=O) groups excluding carboxylic acids is 1. The Labute approximate surface area is 178 Å². The topological polar surface area (TPSA) is 37.6 Å². The zero-order valence-electron chi connectivity index (χ0n) is 15.8. The second-order valence-electron chi connectivity index (χ2n) is 6.13. The van der Waals surface area contributed by atoms with E-state index in [4.69, 9.17) is 23.2 Å². The van der Waals surface area contributed by atoms with Crippen molar-refractivity contribution in [3.63, 3.8) is 0 Å². The highest BCUT2D eigenvalue weighted by atomic mass is 35.5. The van der Waals surface area contributed by atoms with Crippen LogP contribution >= 0.6 is 34.5 Å². The molecule has 0 atom stereocenters. The number of amides is 1.